The molecule has 0 bridgehead atoms. The number of halogens is 3. The lowest BCUT2D eigenvalue weighted by Crippen LogP contribution is -2.09. The summed E-state index contributed by atoms with van der Waals surface area (Å²) in [6.45, 7) is 0.242. The molecule has 0 amide bonds. The summed E-state index contributed by atoms with van der Waals surface area (Å²) in [6, 6.07) is 9.52. The van der Waals surface area contributed by atoms with Crippen LogP contribution < -0.4 is 0 Å². The van der Waals surface area contributed by atoms with E-state index in [1.54, 1.807) is 29.3 Å². The summed E-state index contributed by atoms with van der Waals surface area (Å²) < 4.78 is 38.1. The predicted molar refractivity (Wildman–Crippen MR) is 84.0 cm³/mol. The van der Waals surface area contributed by atoms with Crippen LogP contribution in [0, 0.1) is 0 Å². The molecule has 0 N–H and O–H groups in total. The van der Waals surface area contributed by atoms with Gasteiger partial charge in [0, 0.05) is 42.7 Å². The van der Waals surface area contributed by atoms with Gasteiger partial charge in [-0.3, -0.25) is 4.68 Å². The molecule has 4 nitrogen and oxygen atoms in total. The molecule has 24 heavy (non-hydrogen) atoms. The Balaban J connectivity index is 1.73. The largest absolute Gasteiger partial charge is 0.389 e. The monoisotopic (exact) mass is 332 g/mol. The third-order valence-electron chi connectivity index (χ3n) is 3.54. The van der Waals surface area contributed by atoms with Gasteiger partial charge in [-0.25, -0.2) is 9.97 Å². The van der Waals surface area contributed by atoms with Crippen molar-refractivity contribution in [3.8, 4) is 22.4 Å². The second kappa shape index (κ2) is 6.82. The number of aromatic nitrogens is 4. The molecule has 0 spiro atoms. The molecule has 7 heteroatoms. The molecule has 0 saturated heterocycles. The molecular formula is C17H15F3N4. The van der Waals surface area contributed by atoms with Crippen molar-refractivity contribution in [3.63, 3.8) is 0 Å². The maximum absolute atomic E-state index is 12.2. The highest BCUT2D eigenvalue weighted by Gasteiger charge is 2.26. The standard InChI is InChI=1S/C17H15F3N4/c18-17(19,20)6-2-7-24-8-5-16(23-24)14-4-1-3-13(9-14)15-10-21-12-22-11-15/h1,3-5,8-12H,2,6-7H2. The molecule has 2 aromatic heterocycles. The zero-order valence-corrected chi connectivity index (χ0v) is 12.7. The molecule has 0 saturated carbocycles. The van der Waals surface area contributed by atoms with Crippen molar-refractivity contribution in [2.75, 3.05) is 0 Å². The van der Waals surface area contributed by atoms with Crippen LogP contribution in [0.2, 0.25) is 0 Å². The number of hydrogen-bond donors (Lipinski definition) is 0. The number of aryl methyl sites for hydroxylation is 1. The van der Waals surface area contributed by atoms with E-state index in [1.165, 1.54) is 6.33 Å². The third kappa shape index (κ3) is 4.18. The van der Waals surface area contributed by atoms with Crippen LogP contribution in [0.4, 0.5) is 13.2 Å². The fourth-order valence-electron chi connectivity index (χ4n) is 2.39. The first kappa shape index (κ1) is 16.2. The van der Waals surface area contributed by atoms with E-state index in [2.05, 4.69) is 15.1 Å². The van der Waals surface area contributed by atoms with Crippen molar-refractivity contribution in [1.82, 2.24) is 19.7 Å². The summed E-state index contributed by atoms with van der Waals surface area (Å²) in [6.07, 6.45) is 1.71. The van der Waals surface area contributed by atoms with Crippen molar-refractivity contribution in [2.24, 2.45) is 0 Å². The van der Waals surface area contributed by atoms with Gasteiger partial charge in [0.15, 0.2) is 0 Å². The first-order valence-electron chi connectivity index (χ1n) is 7.47. The molecule has 124 valence electrons. The molecule has 3 rings (SSSR count). The maximum atomic E-state index is 12.2. The van der Waals surface area contributed by atoms with Gasteiger partial charge in [-0.2, -0.15) is 18.3 Å². The average Bonchev–Trinajstić information content (AvgIpc) is 3.04. The van der Waals surface area contributed by atoms with Gasteiger partial charge in [-0.1, -0.05) is 18.2 Å². The van der Waals surface area contributed by atoms with Crippen LogP contribution in [0.15, 0.2) is 55.2 Å². The molecule has 0 atom stereocenters. The minimum Gasteiger partial charge on any atom is -0.272 e. The highest BCUT2D eigenvalue weighted by atomic mass is 19.4. The number of hydrogen-bond acceptors (Lipinski definition) is 3. The zero-order chi connectivity index (χ0) is 17.0. The highest BCUT2D eigenvalue weighted by Crippen LogP contribution is 2.25. The molecule has 1 aromatic carbocycles. The number of alkyl halides is 3. The lowest BCUT2D eigenvalue weighted by molar-refractivity contribution is -0.136. The lowest BCUT2D eigenvalue weighted by Gasteiger charge is -2.06. The summed E-state index contributed by atoms with van der Waals surface area (Å²) in [5.74, 6) is 0. The molecule has 0 unspecified atom stereocenters. The van der Waals surface area contributed by atoms with Crippen molar-refractivity contribution in [3.05, 3.63) is 55.2 Å². The van der Waals surface area contributed by atoms with Gasteiger partial charge in [-0.15, -0.1) is 0 Å². The Morgan fingerprint density at radius 2 is 1.71 bits per heavy atom. The summed E-state index contributed by atoms with van der Waals surface area (Å²) in [5.41, 5.74) is 3.47. The second-order valence-electron chi connectivity index (χ2n) is 5.39. The van der Waals surface area contributed by atoms with E-state index in [4.69, 9.17) is 0 Å². The fourth-order valence-corrected chi connectivity index (χ4v) is 2.39. The predicted octanol–water partition coefficient (Wildman–Crippen LogP) is 4.35. The zero-order valence-electron chi connectivity index (χ0n) is 12.7. The minimum atomic E-state index is -4.12. The van der Waals surface area contributed by atoms with E-state index in [9.17, 15) is 13.2 Å². The van der Waals surface area contributed by atoms with E-state index >= 15 is 0 Å². The van der Waals surface area contributed by atoms with Gasteiger partial charge >= 0.3 is 6.18 Å². The van der Waals surface area contributed by atoms with E-state index in [1.807, 2.05) is 24.3 Å². The Hall–Kier alpha value is -2.70. The number of rotatable bonds is 5. The molecular weight excluding hydrogens is 317 g/mol. The second-order valence-corrected chi connectivity index (χ2v) is 5.39. The lowest BCUT2D eigenvalue weighted by atomic mass is 10.0. The Bertz CT molecular complexity index is 797. The van der Waals surface area contributed by atoms with Crippen LogP contribution in [0.5, 0.6) is 0 Å². The van der Waals surface area contributed by atoms with Gasteiger partial charge in [0.1, 0.15) is 6.33 Å². The first-order valence-corrected chi connectivity index (χ1v) is 7.47. The summed E-state index contributed by atoms with van der Waals surface area (Å²) >= 11 is 0. The molecule has 0 aliphatic carbocycles. The maximum Gasteiger partial charge on any atom is 0.389 e. The van der Waals surface area contributed by atoms with E-state index in [0.717, 1.165) is 22.4 Å². The third-order valence-corrected chi connectivity index (χ3v) is 3.54. The molecule has 3 aromatic rings. The molecule has 0 aliphatic rings. The van der Waals surface area contributed by atoms with Gasteiger partial charge in [-0.05, 0) is 24.1 Å². The van der Waals surface area contributed by atoms with Crippen LogP contribution in [0.1, 0.15) is 12.8 Å². The van der Waals surface area contributed by atoms with Crippen LogP contribution >= 0.6 is 0 Å². The van der Waals surface area contributed by atoms with Gasteiger partial charge in [0.25, 0.3) is 0 Å². The van der Waals surface area contributed by atoms with Crippen molar-refractivity contribution in [1.29, 1.82) is 0 Å². The van der Waals surface area contributed by atoms with Gasteiger partial charge in [0.2, 0.25) is 0 Å². The Labute approximate surface area is 137 Å². The van der Waals surface area contributed by atoms with E-state index in [0.29, 0.717) is 0 Å². The number of benzene rings is 1. The van der Waals surface area contributed by atoms with E-state index in [-0.39, 0.29) is 13.0 Å². The van der Waals surface area contributed by atoms with Crippen molar-refractivity contribution >= 4 is 0 Å². The summed E-state index contributed by atoms with van der Waals surface area (Å²) in [5, 5.41) is 4.35. The van der Waals surface area contributed by atoms with Crippen LogP contribution in [0.25, 0.3) is 22.4 Å². The Morgan fingerprint density at radius 1 is 0.958 bits per heavy atom. The van der Waals surface area contributed by atoms with E-state index < -0.39 is 12.6 Å². The Morgan fingerprint density at radius 3 is 2.46 bits per heavy atom. The Kier molecular flexibility index (Phi) is 4.59. The normalized spacial score (nSPS) is 11.6. The molecule has 2 heterocycles. The molecule has 0 aliphatic heterocycles. The summed E-state index contributed by atoms with van der Waals surface area (Å²) in [7, 11) is 0. The average molecular weight is 332 g/mol. The minimum absolute atomic E-state index is 0.0199. The highest BCUT2D eigenvalue weighted by molar-refractivity contribution is 5.70. The summed E-state index contributed by atoms with van der Waals surface area (Å²) in [4.78, 5) is 8.00. The number of nitrogens with zero attached hydrogens (tertiary/aromatic N) is 4. The SMILES string of the molecule is FC(F)(F)CCCn1ccc(-c2cccc(-c3cncnc3)c2)n1. The van der Waals surface area contributed by atoms with Crippen LogP contribution in [-0.4, -0.2) is 25.9 Å². The van der Waals surface area contributed by atoms with Crippen molar-refractivity contribution < 1.29 is 13.2 Å². The van der Waals surface area contributed by atoms with Gasteiger partial charge in [0.05, 0.1) is 5.69 Å². The van der Waals surface area contributed by atoms with Crippen LogP contribution in [0.3, 0.4) is 0 Å². The molecule has 0 fully saturated rings. The van der Waals surface area contributed by atoms with Crippen LogP contribution in [-0.2, 0) is 6.54 Å². The smallest absolute Gasteiger partial charge is 0.272 e. The van der Waals surface area contributed by atoms with Gasteiger partial charge < -0.3 is 0 Å². The quantitative estimate of drug-likeness (QED) is 0.698. The molecule has 0 radical (unpaired) electrons. The fraction of sp³-hybridized carbons (Fsp3) is 0.235. The van der Waals surface area contributed by atoms with Crippen molar-refractivity contribution in [2.45, 2.75) is 25.6 Å². The topological polar surface area (TPSA) is 43.6 Å². The first-order chi connectivity index (χ1) is 11.5.